The molecule has 0 spiro atoms. The van der Waals surface area contributed by atoms with Crippen LogP contribution in [0.25, 0.3) is 11.3 Å². The average molecular weight is 521 g/mol. The summed E-state index contributed by atoms with van der Waals surface area (Å²) in [4.78, 5) is 9.17. The molecule has 0 aromatic carbocycles. The highest BCUT2D eigenvalue weighted by atomic mass is 35.5. The fourth-order valence-corrected chi connectivity index (χ4v) is 5.43. The first kappa shape index (κ1) is 28.8. The maximum absolute atomic E-state index is 14.5. The summed E-state index contributed by atoms with van der Waals surface area (Å²) in [5, 5.41) is 7.41. The van der Waals surface area contributed by atoms with Crippen LogP contribution in [0.5, 0.6) is 0 Å². The number of hydrogen-bond donors (Lipinski definition) is 2. The lowest BCUT2D eigenvalue weighted by molar-refractivity contribution is 0.0699. The number of halogens is 2. The van der Waals surface area contributed by atoms with Crippen molar-refractivity contribution in [3.05, 3.63) is 40.9 Å². The number of nitrogens with zero attached hydrogens (tertiary/aromatic N) is 2. The van der Waals surface area contributed by atoms with E-state index >= 15 is 0 Å². The van der Waals surface area contributed by atoms with Crippen LogP contribution in [0, 0.1) is 17.7 Å². The molecular formula is C28H42ClFN4O2. The van der Waals surface area contributed by atoms with E-state index in [4.69, 9.17) is 21.1 Å². The molecule has 36 heavy (non-hydrogen) atoms. The van der Waals surface area contributed by atoms with E-state index in [9.17, 15) is 4.39 Å². The molecule has 3 heterocycles. The highest BCUT2D eigenvalue weighted by Crippen LogP contribution is 2.32. The van der Waals surface area contributed by atoms with Crippen molar-refractivity contribution in [2.45, 2.75) is 71.4 Å². The van der Waals surface area contributed by atoms with Gasteiger partial charge in [-0.1, -0.05) is 19.0 Å². The summed E-state index contributed by atoms with van der Waals surface area (Å²) in [7, 11) is 1.74. The van der Waals surface area contributed by atoms with Crippen LogP contribution in [-0.4, -0.2) is 55.5 Å². The van der Waals surface area contributed by atoms with Crippen LogP contribution in [0.2, 0.25) is 5.02 Å². The Morgan fingerprint density at radius 2 is 1.89 bits per heavy atom. The first-order chi connectivity index (χ1) is 17.0. The Balaban J connectivity index is 0.00000361. The van der Waals surface area contributed by atoms with E-state index in [2.05, 4.69) is 27.5 Å². The van der Waals surface area contributed by atoms with Gasteiger partial charge in [0.15, 0.2) is 11.6 Å². The third-order valence-corrected chi connectivity index (χ3v) is 7.52. The van der Waals surface area contributed by atoms with Crippen LogP contribution in [0.4, 0.5) is 10.2 Å². The van der Waals surface area contributed by atoms with Gasteiger partial charge in [-0.25, -0.2) is 9.37 Å². The van der Waals surface area contributed by atoms with Gasteiger partial charge in [0.2, 0.25) is 0 Å². The van der Waals surface area contributed by atoms with Gasteiger partial charge >= 0.3 is 0 Å². The van der Waals surface area contributed by atoms with Gasteiger partial charge in [0.1, 0.15) is 0 Å². The van der Waals surface area contributed by atoms with Crippen molar-refractivity contribution in [3.8, 4) is 11.3 Å². The van der Waals surface area contributed by atoms with Crippen LogP contribution in [-0.2, 0) is 15.9 Å². The lowest BCUT2D eigenvalue weighted by atomic mass is 9.83. The van der Waals surface area contributed by atoms with Crippen LogP contribution in [0.15, 0.2) is 24.4 Å². The van der Waals surface area contributed by atoms with Gasteiger partial charge < -0.3 is 20.1 Å². The standard InChI is InChI=1S/C27H38ClFN4O2.CH4/c1-18(17-34-2)32-21-5-3-19(4-6-21)13-22-14-23(24(28)16-30-22)26-8-7-25(29)27(33-26)31-15-20-9-11-35-12-10-20;/h7-8,14,16,18-21,32H,3-6,9-13,15,17H2,1-2H3,(H,31,33);1H4/t18-,19?,21?;/m1./s1. The zero-order valence-corrected chi connectivity index (χ0v) is 21.6. The number of aromatic nitrogens is 2. The van der Waals surface area contributed by atoms with E-state index in [-0.39, 0.29) is 19.1 Å². The predicted molar refractivity (Wildman–Crippen MR) is 145 cm³/mol. The monoisotopic (exact) mass is 520 g/mol. The molecule has 1 saturated heterocycles. The van der Waals surface area contributed by atoms with E-state index in [0.29, 0.717) is 41.2 Å². The lowest BCUT2D eigenvalue weighted by Crippen LogP contribution is -2.41. The van der Waals surface area contributed by atoms with E-state index in [1.807, 2.05) is 6.07 Å². The van der Waals surface area contributed by atoms with Crippen molar-refractivity contribution < 1.29 is 13.9 Å². The second-order valence-electron chi connectivity index (χ2n) is 10.1. The minimum absolute atomic E-state index is 0. The molecule has 2 aromatic rings. The maximum Gasteiger partial charge on any atom is 0.165 e. The first-order valence-electron chi connectivity index (χ1n) is 12.9. The van der Waals surface area contributed by atoms with Crippen molar-refractivity contribution in [2.24, 2.45) is 11.8 Å². The van der Waals surface area contributed by atoms with Gasteiger partial charge in [0.05, 0.1) is 17.3 Å². The highest BCUT2D eigenvalue weighted by Gasteiger charge is 2.23. The van der Waals surface area contributed by atoms with Crippen molar-refractivity contribution in [3.63, 3.8) is 0 Å². The second-order valence-corrected chi connectivity index (χ2v) is 10.5. The second kappa shape index (κ2) is 14.2. The molecule has 1 aliphatic carbocycles. The van der Waals surface area contributed by atoms with Gasteiger partial charge in [0, 0.05) is 56.4 Å². The Hall–Kier alpha value is -1.80. The third-order valence-electron chi connectivity index (χ3n) is 7.21. The molecule has 2 N–H and O–H groups in total. The Kier molecular flexibility index (Phi) is 11.4. The number of hydrogen-bond acceptors (Lipinski definition) is 6. The molecular weight excluding hydrogens is 479 g/mol. The van der Waals surface area contributed by atoms with E-state index in [1.165, 1.54) is 31.7 Å². The molecule has 0 bridgehead atoms. The van der Waals surface area contributed by atoms with Crippen LogP contribution in [0.1, 0.15) is 58.6 Å². The average Bonchev–Trinajstić information content (AvgIpc) is 2.87. The number of rotatable bonds is 10. The quantitative estimate of drug-likeness (QED) is 0.392. The summed E-state index contributed by atoms with van der Waals surface area (Å²) in [6.07, 6.45) is 9.27. The van der Waals surface area contributed by atoms with E-state index in [1.54, 1.807) is 19.4 Å². The van der Waals surface area contributed by atoms with Crippen LogP contribution >= 0.6 is 11.6 Å². The SMILES string of the molecule is C.COC[C@@H](C)NC1CCC(Cc2cc(-c3ccc(F)c(NCC4CCOCC4)n3)c(Cl)cn2)CC1. The number of anilines is 1. The summed E-state index contributed by atoms with van der Waals surface area (Å²) < 4.78 is 25.1. The number of nitrogens with one attached hydrogen (secondary N) is 2. The fraction of sp³-hybridized carbons (Fsp3) is 0.643. The minimum atomic E-state index is -0.351. The summed E-state index contributed by atoms with van der Waals surface area (Å²) >= 11 is 6.51. The molecule has 6 nitrogen and oxygen atoms in total. The molecule has 2 fully saturated rings. The summed E-state index contributed by atoms with van der Waals surface area (Å²) in [6.45, 7) is 5.13. The Morgan fingerprint density at radius 1 is 1.14 bits per heavy atom. The summed E-state index contributed by atoms with van der Waals surface area (Å²) in [5.41, 5.74) is 2.47. The molecule has 2 aromatic heterocycles. The van der Waals surface area contributed by atoms with Crippen LogP contribution in [0.3, 0.4) is 0 Å². The van der Waals surface area contributed by atoms with E-state index < -0.39 is 0 Å². The Bertz CT molecular complexity index is 949. The fourth-order valence-electron chi connectivity index (χ4n) is 5.23. The number of methoxy groups -OCH3 is 1. The van der Waals surface area contributed by atoms with E-state index in [0.717, 1.165) is 50.3 Å². The predicted octanol–water partition coefficient (Wildman–Crippen LogP) is 6.14. The topological polar surface area (TPSA) is 68.3 Å². The molecule has 1 saturated carbocycles. The minimum Gasteiger partial charge on any atom is -0.383 e. The zero-order chi connectivity index (χ0) is 24.6. The molecule has 0 amide bonds. The molecule has 0 unspecified atom stereocenters. The molecule has 1 aliphatic heterocycles. The van der Waals surface area contributed by atoms with Crippen molar-refractivity contribution >= 4 is 17.4 Å². The smallest absolute Gasteiger partial charge is 0.165 e. The Labute approximate surface area is 220 Å². The molecule has 8 heteroatoms. The van der Waals surface area contributed by atoms with Crippen molar-refractivity contribution in [1.82, 2.24) is 15.3 Å². The van der Waals surface area contributed by atoms with Gasteiger partial charge in [-0.15, -0.1) is 0 Å². The van der Waals surface area contributed by atoms with Gasteiger partial charge in [-0.05, 0) is 81.9 Å². The maximum atomic E-state index is 14.5. The molecule has 1 atom stereocenters. The van der Waals surface area contributed by atoms with Crippen molar-refractivity contribution in [2.75, 3.05) is 38.8 Å². The number of ether oxygens (including phenoxy) is 2. The first-order valence-corrected chi connectivity index (χ1v) is 13.3. The van der Waals surface area contributed by atoms with Gasteiger partial charge in [-0.2, -0.15) is 0 Å². The Morgan fingerprint density at radius 3 is 2.61 bits per heavy atom. The number of pyridine rings is 2. The normalized spacial score (nSPS) is 21.6. The molecule has 2 aliphatic rings. The van der Waals surface area contributed by atoms with Crippen molar-refractivity contribution in [1.29, 1.82) is 0 Å². The van der Waals surface area contributed by atoms with Gasteiger partial charge in [0.25, 0.3) is 0 Å². The third kappa shape index (κ3) is 8.10. The van der Waals surface area contributed by atoms with Crippen LogP contribution < -0.4 is 10.6 Å². The molecule has 0 radical (unpaired) electrons. The lowest BCUT2D eigenvalue weighted by Gasteiger charge is -2.31. The molecule has 200 valence electrons. The van der Waals surface area contributed by atoms with Gasteiger partial charge in [-0.3, -0.25) is 4.98 Å². The summed E-state index contributed by atoms with van der Waals surface area (Å²) in [5.74, 6) is 0.997. The largest absolute Gasteiger partial charge is 0.383 e. The zero-order valence-electron chi connectivity index (χ0n) is 20.9. The highest BCUT2D eigenvalue weighted by molar-refractivity contribution is 6.33. The summed E-state index contributed by atoms with van der Waals surface area (Å²) in [6, 6.07) is 6.11. The molecule has 4 rings (SSSR count).